The van der Waals surface area contributed by atoms with Crippen LogP contribution in [-0.2, 0) is 13.1 Å². The maximum absolute atomic E-state index is 4.69. The smallest absolute Gasteiger partial charge is 0.167 e. The Morgan fingerprint density at radius 1 is 0.700 bits per heavy atom. The minimum absolute atomic E-state index is 0.489. The van der Waals surface area contributed by atoms with E-state index in [-0.39, 0.29) is 0 Å². The third-order valence-electron chi connectivity index (χ3n) is 6.20. The van der Waals surface area contributed by atoms with E-state index in [1.54, 1.807) is 0 Å². The van der Waals surface area contributed by atoms with Crippen LogP contribution in [0, 0.1) is 13.8 Å². The molecule has 4 atom stereocenters. The molecular formula is C22H38N8. The molecule has 2 fully saturated rings. The van der Waals surface area contributed by atoms with E-state index in [9.17, 15) is 0 Å². The van der Waals surface area contributed by atoms with Crippen LogP contribution in [0.3, 0.4) is 0 Å². The molecule has 0 amide bonds. The summed E-state index contributed by atoms with van der Waals surface area (Å²) in [6.07, 6.45) is 0. The number of aryl methyl sites for hydroxylation is 2. The van der Waals surface area contributed by atoms with Crippen LogP contribution in [0.1, 0.15) is 50.7 Å². The van der Waals surface area contributed by atoms with Gasteiger partial charge in [-0.25, -0.2) is 4.68 Å². The first-order chi connectivity index (χ1) is 14.3. The van der Waals surface area contributed by atoms with E-state index in [2.05, 4.69) is 93.7 Å². The summed E-state index contributed by atoms with van der Waals surface area (Å²) in [6, 6.07) is 6.30. The van der Waals surface area contributed by atoms with Crippen LogP contribution in [-0.4, -0.2) is 79.7 Å². The average Bonchev–Trinajstić information content (AvgIpc) is 3.15. The van der Waals surface area contributed by atoms with Crippen molar-refractivity contribution in [2.75, 3.05) is 26.2 Å². The lowest BCUT2D eigenvalue weighted by molar-refractivity contribution is 0.156. The van der Waals surface area contributed by atoms with Gasteiger partial charge in [-0.3, -0.25) is 14.5 Å². The largest absolute Gasteiger partial charge is 0.309 e. The lowest BCUT2D eigenvalue weighted by atomic mass is 10.1. The third kappa shape index (κ3) is 4.61. The molecule has 0 saturated carbocycles. The summed E-state index contributed by atoms with van der Waals surface area (Å²) in [5, 5.41) is 16.6. The zero-order valence-electron chi connectivity index (χ0n) is 19.4. The van der Waals surface area contributed by atoms with E-state index in [1.807, 2.05) is 0 Å². The topological polar surface area (TPSA) is 66.2 Å². The summed E-state index contributed by atoms with van der Waals surface area (Å²) in [6.45, 7) is 19.1. The molecule has 0 unspecified atom stereocenters. The second-order valence-electron chi connectivity index (χ2n) is 9.60. The molecule has 166 valence electrons. The monoisotopic (exact) mass is 414 g/mol. The van der Waals surface area contributed by atoms with Crippen molar-refractivity contribution in [3.05, 3.63) is 35.2 Å². The van der Waals surface area contributed by atoms with Crippen molar-refractivity contribution in [1.82, 2.24) is 40.0 Å². The molecule has 2 aromatic heterocycles. The molecule has 2 saturated heterocycles. The van der Waals surface area contributed by atoms with Gasteiger partial charge in [0.25, 0.3) is 0 Å². The number of rotatable bonds is 5. The van der Waals surface area contributed by atoms with E-state index in [0.29, 0.717) is 24.2 Å². The van der Waals surface area contributed by atoms with E-state index in [4.69, 9.17) is 0 Å². The van der Waals surface area contributed by atoms with Crippen LogP contribution in [0.15, 0.2) is 12.1 Å². The van der Waals surface area contributed by atoms with Gasteiger partial charge in [-0.15, -0.1) is 10.2 Å². The van der Waals surface area contributed by atoms with Gasteiger partial charge in [0.15, 0.2) is 11.6 Å². The predicted octanol–water partition coefficient (Wildman–Crippen LogP) is 1.37. The molecule has 0 radical (unpaired) electrons. The third-order valence-corrected chi connectivity index (χ3v) is 6.20. The summed E-state index contributed by atoms with van der Waals surface area (Å²) < 4.78 is 4.54. The van der Waals surface area contributed by atoms with Gasteiger partial charge < -0.3 is 10.6 Å². The Labute approximate surface area is 180 Å². The van der Waals surface area contributed by atoms with Crippen molar-refractivity contribution in [3.63, 3.8) is 0 Å². The first kappa shape index (κ1) is 21.5. The molecule has 30 heavy (non-hydrogen) atoms. The summed E-state index contributed by atoms with van der Waals surface area (Å²) in [5.41, 5.74) is 2.41. The number of piperazine rings is 2. The normalized spacial score (nSPS) is 28.9. The van der Waals surface area contributed by atoms with Crippen LogP contribution < -0.4 is 10.6 Å². The Balaban J connectivity index is 1.64. The number of aromatic nitrogens is 4. The molecule has 8 nitrogen and oxygen atoms in total. The van der Waals surface area contributed by atoms with Gasteiger partial charge in [0, 0.05) is 61.7 Å². The van der Waals surface area contributed by atoms with Crippen LogP contribution in [0.25, 0.3) is 0 Å². The van der Waals surface area contributed by atoms with E-state index in [1.165, 1.54) is 11.4 Å². The molecule has 2 aliphatic rings. The highest BCUT2D eigenvalue weighted by Crippen LogP contribution is 2.17. The van der Waals surface area contributed by atoms with Crippen LogP contribution in [0.2, 0.25) is 0 Å². The molecule has 0 aromatic carbocycles. The maximum Gasteiger partial charge on any atom is 0.167 e. The zero-order chi connectivity index (χ0) is 21.4. The van der Waals surface area contributed by atoms with Crippen LogP contribution in [0.5, 0.6) is 0 Å². The second-order valence-corrected chi connectivity index (χ2v) is 9.60. The Bertz CT molecular complexity index is 770. The van der Waals surface area contributed by atoms with Gasteiger partial charge in [0.05, 0.1) is 13.1 Å². The Morgan fingerprint density at radius 3 is 1.43 bits per heavy atom. The minimum Gasteiger partial charge on any atom is -0.309 e. The summed E-state index contributed by atoms with van der Waals surface area (Å²) in [5.74, 6) is 2.04. The molecular weight excluding hydrogens is 376 g/mol. The van der Waals surface area contributed by atoms with Crippen molar-refractivity contribution >= 4 is 0 Å². The quantitative estimate of drug-likeness (QED) is 0.771. The fraction of sp³-hybridized carbons (Fsp3) is 0.727. The first-order valence-electron chi connectivity index (χ1n) is 11.4. The highest BCUT2D eigenvalue weighted by Gasteiger charge is 2.27. The lowest BCUT2D eigenvalue weighted by Gasteiger charge is -2.36. The van der Waals surface area contributed by atoms with Crippen molar-refractivity contribution in [2.24, 2.45) is 0 Å². The Kier molecular flexibility index (Phi) is 6.29. The standard InChI is InChI=1S/C22H38N8/c1-15-9-27(10-16(2)23-15)13-21-25-26-22(14-28-11-17(3)24-18(4)12-28)30(21)29-19(5)7-8-20(29)6/h7-8,15-18,23-24H,9-14H2,1-6H3/t15-,16-,17-,18-/m0/s1. The van der Waals surface area contributed by atoms with Gasteiger partial charge in [0.2, 0.25) is 0 Å². The van der Waals surface area contributed by atoms with Crippen molar-refractivity contribution in [2.45, 2.75) is 78.8 Å². The minimum atomic E-state index is 0.489. The molecule has 0 aliphatic carbocycles. The van der Waals surface area contributed by atoms with Gasteiger partial charge in [-0.1, -0.05) is 0 Å². The average molecular weight is 415 g/mol. The van der Waals surface area contributed by atoms with E-state index >= 15 is 0 Å². The van der Waals surface area contributed by atoms with E-state index in [0.717, 1.165) is 50.9 Å². The zero-order valence-corrected chi connectivity index (χ0v) is 19.4. The van der Waals surface area contributed by atoms with E-state index < -0.39 is 0 Å². The fourth-order valence-electron chi connectivity index (χ4n) is 5.29. The number of hydrogen-bond donors (Lipinski definition) is 2. The van der Waals surface area contributed by atoms with Gasteiger partial charge >= 0.3 is 0 Å². The highest BCUT2D eigenvalue weighted by atomic mass is 15.5. The molecule has 4 heterocycles. The predicted molar refractivity (Wildman–Crippen MR) is 119 cm³/mol. The van der Waals surface area contributed by atoms with Crippen LogP contribution >= 0.6 is 0 Å². The SMILES string of the molecule is Cc1ccc(C)n1-n1c(CN2C[C@H](C)N[C@@H](C)C2)nnc1CN1C[C@H](C)N[C@@H](C)C1. The van der Waals surface area contributed by atoms with Crippen molar-refractivity contribution in [1.29, 1.82) is 0 Å². The molecule has 8 heteroatoms. The molecule has 2 aromatic rings. The second kappa shape index (κ2) is 8.78. The number of nitrogens with zero attached hydrogens (tertiary/aromatic N) is 6. The summed E-state index contributed by atoms with van der Waals surface area (Å²) in [7, 11) is 0. The Hall–Kier alpha value is -1.74. The Morgan fingerprint density at radius 2 is 1.07 bits per heavy atom. The number of hydrogen-bond acceptors (Lipinski definition) is 6. The molecule has 2 aliphatic heterocycles. The van der Waals surface area contributed by atoms with Crippen LogP contribution in [0.4, 0.5) is 0 Å². The van der Waals surface area contributed by atoms with Crippen molar-refractivity contribution in [3.8, 4) is 0 Å². The highest BCUT2D eigenvalue weighted by molar-refractivity contribution is 5.16. The van der Waals surface area contributed by atoms with Gasteiger partial charge in [-0.05, 0) is 53.7 Å². The summed E-state index contributed by atoms with van der Waals surface area (Å²) >= 11 is 0. The van der Waals surface area contributed by atoms with Crippen molar-refractivity contribution < 1.29 is 0 Å². The maximum atomic E-state index is 4.69. The molecule has 0 spiro atoms. The molecule has 0 bridgehead atoms. The first-order valence-corrected chi connectivity index (χ1v) is 11.4. The van der Waals surface area contributed by atoms with Gasteiger partial charge in [-0.2, -0.15) is 0 Å². The molecule has 4 rings (SSSR count). The number of nitrogens with one attached hydrogen (secondary N) is 2. The van der Waals surface area contributed by atoms with Gasteiger partial charge in [0.1, 0.15) is 0 Å². The molecule has 2 N–H and O–H groups in total. The summed E-state index contributed by atoms with van der Waals surface area (Å²) in [4.78, 5) is 5.00. The lowest BCUT2D eigenvalue weighted by Crippen LogP contribution is -2.54. The fourth-order valence-corrected chi connectivity index (χ4v) is 5.29.